The molecule has 2 aliphatic carbocycles. The molecule has 1 aromatic rings. The van der Waals surface area contributed by atoms with Gasteiger partial charge in [0.2, 0.25) is 0 Å². The van der Waals surface area contributed by atoms with Crippen molar-refractivity contribution in [3.63, 3.8) is 0 Å². The molecule has 2 aliphatic rings. The molecule has 22 heavy (non-hydrogen) atoms. The zero-order valence-electron chi connectivity index (χ0n) is 14.4. The van der Waals surface area contributed by atoms with Crippen molar-refractivity contribution in [1.29, 1.82) is 0 Å². The Kier molecular flexibility index (Phi) is 4.70. The Morgan fingerprint density at radius 3 is 2.73 bits per heavy atom. The lowest BCUT2D eigenvalue weighted by atomic mass is 9.68. The number of hydrogen-bond acceptors (Lipinski definition) is 1. The first-order valence-corrected chi connectivity index (χ1v) is 9.18. The van der Waals surface area contributed by atoms with E-state index in [2.05, 4.69) is 39.0 Å². The van der Waals surface area contributed by atoms with Crippen molar-refractivity contribution in [3.05, 3.63) is 34.9 Å². The predicted octanol–water partition coefficient (Wildman–Crippen LogP) is 5.00. The lowest BCUT2D eigenvalue weighted by Crippen LogP contribution is -2.34. The van der Waals surface area contributed by atoms with Crippen LogP contribution in [0.5, 0.6) is 0 Å². The number of fused-ring (bicyclic) bond motifs is 1. The first kappa shape index (κ1) is 15.8. The molecular formula is C21H30O. The molecule has 1 fully saturated rings. The summed E-state index contributed by atoms with van der Waals surface area (Å²) in [7, 11) is 0. The van der Waals surface area contributed by atoms with E-state index in [4.69, 9.17) is 0 Å². The lowest BCUT2D eigenvalue weighted by molar-refractivity contribution is -0.126. The zero-order valence-corrected chi connectivity index (χ0v) is 14.4. The van der Waals surface area contributed by atoms with Gasteiger partial charge in [0, 0.05) is 12.3 Å². The summed E-state index contributed by atoms with van der Waals surface area (Å²) in [5, 5.41) is 0. The van der Waals surface area contributed by atoms with E-state index >= 15 is 0 Å². The molecule has 120 valence electrons. The fourth-order valence-electron chi connectivity index (χ4n) is 4.64. The first-order chi connectivity index (χ1) is 10.5. The fourth-order valence-corrected chi connectivity index (χ4v) is 4.64. The van der Waals surface area contributed by atoms with Gasteiger partial charge in [0.15, 0.2) is 0 Å². The molecular weight excluding hydrogens is 268 g/mol. The number of rotatable bonds is 4. The van der Waals surface area contributed by atoms with Crippen LogP contribution in [0.15, 0.2) is 18.2 Å². The maximum Gasteiger partial charge on any atom is 0.140 e. The second-order valence-corrected chi connectivity index (χ2v) is 8.03. The third kappa shape index (κ3) is 3.29. The molecule has 0 spiro atoms. The average molecular weight is 298 g/mol. The number of hydrogen-bond donors (Lipinski definition) is 0. The molecule has 0 amide bonds. The van der Waals surface area contributed by atoms with Gasteiger partial charge in [-0.15, -0.1) is 0 Å². The Balaban J connectivity index is 1.72. The van der Waals surface area contributed by atoms with E-state index in [1.54, 1.807) is 0 Å². The molecule has 0 N–H and O–H groups in total. The quantitative estimate of drug-likeness (QED) is 0.765. The number of carbonyl (C=O) groups is 1. The second kappa shape index (κ2) is 6.56. The van der Waals surface area contributed by atoms with Crippen LogP contribution < -0.4 is 0 Å². The number of aryl methyl sites for hydroxylation is 2. The smallest absolute Gasteiger partial charge is 0.140 e. The van der Waals surface area contributed by atoms with Gasteiger partial charge < -0.3 is 0 Å². The Hall–Kier alpha value is -1.11. The van der Waals surface area contributed by atoms with Crippen molar-refractivity contribution in [2.75, 3.05) is 0 Å². The maximum atomic E-state index is 12.9. The molecule has 0 bridgehead atoms. The van der Waals surface area contributed by atoms with Crippen LogP contribution in [0.4, 0.5) is 0 Å². The van der Waals surface area contributed by atoms with Crippen molar-refractivity contribution in [2.45, 2.75) is 65.7 Å². The largest absolute Gasteiger partial charge is 0.299 e. The van der Waals surface area contributed by atoms with E-state index in [0.29, 0.717) is 30.0 Å². The molecule has 0 saturated heterocycles. The molecule has 0 aliphatic heterocycles. The van der Waals surface area contributed by atoms with E-state index in [-0.39, 0.29) is 5.92 Å². The zero-order chi connectivity index (χ0) is 15.7. The van der Waals surface area contributed by atoms with Crippen LogP contribution >= 0.6 is 0 Å². The minimum Gasteiger partial charge on any atom is -0.299 e. The van der Waals surface area contributed by atoms with Crippen LogP contribution in [0.3, 0.4) is 0 Å². The van der Waals surface area contributed by atoms with Crippen LogP contribution in [0.25, 0.3) is 0 Å². The number of benzene rings is 1. The molecule has 1 nitrogen and oxygen atoms in total. The summed E-state index contributed by atoms with van der Waals surface area (Å²) in [5.41, 5.74) is 4.23. The molecule has 1 aromatic carbocycles. The minimum absolute atomic E-state index is 0.289. The summed E-state index contributed by atoms with van der Waals surface area (Å²) in [6, 6.07) is 6.75. The Bertz CT molecular complexity index is 543. The highest BCUT2D eigenvalue weighted by Gasteiger charge is 2.35. The molecule has 0 aromatic heterocycles. The van der Waals surface area contributed by atoms with E-state index in [9.17, 15) is 4.79 Å². The molecule has 0 unspecified atom stereocenters. The van der Waals surface area contributed by atoms with Crippen molar-refractivity contribution in [3.8, 4) is 0 Å². The Morgan fingerprint density at radius 2 is 1.95 bits per heavy atom. The van der Waals surface area contributed by atoms with Crippen LogP contribution in [0.1, 0.15) is 63.1 Å². The highest BCUT2D eigenvalue weighted by Crippen LogP contribution is 2.39. The van der Waals surface area contributed by atoms with Gasteiger partial charge in [-0.2, -0.15) is 0 Å². The van der Waals surface area contributed by atoms with Crippen molar-refractivity contribution >= 4 is 5.78 Å². The summed E-state index contributed by atoms with van der Waals surface area (Å²) in [6.07, 6.45) is 7.99. The number of ketones is 1. The number of Topliss-reactive ketones (excluding diaryl/α,β-unsaturated/α-hetero) is 1. The van der Waals surface area contributed by atoms with Gasteiger partial charge >= 0.3 is 0 Å². The van der Waals surface area contributed by atoms with E-state index in [1.807, 2.05) is 0 Å². The molecule has 0 heterocycles. The van der Waals surface area contributed by atoms with Gasteiger partial charge in [-0.1, -0.05) is 45.4 Å². The lowest BCUT2D eigenvalue weighted by Gasteiger charge is -2.36. The topological polar surface area (TPSA) is 17.1 Å². The van der Waals surface area contributed by atoms with E-state index in [1.165, 1.54) is 48.8 Å². The predicted molar refractivity (Wildman–Crippen MR) is 92.0 cm³/mol. The molecule has 1 saturated carbocycles. The SMILES string of the molecule is CC(C)[C@@H]1CC[C@@H](C)C[C@H]1C(=O)Cc1ccc2c(c1)CCC2. The van der Waals surface area contributed by atoms with Gasteiger partial charge in [-0.25, -0.2) is 0 Å². The number of carbonyl (C=O) groups excluding carboxylic acids is 1. The van der Waals surface area contributed by atoms with Crippen LogP contribution in [0, 0.1) is 23.7 Å². The van der Waals surface area contributed by atoms with Gasteiger partial charge in [-0.05, 0) is 66.5 Å². The molecule has 3 atom stereocenters. The summed E-state index contributed by atoms with van der Waals surface area (Å²) >= 11 is 0. The molecule has 3 rings (SSSR count). The third-order valence-corrected chi connectivity index (χ3v) is 5.98. The summed E-state index contributed by atoms with van der Waals surface area (Å²) < 4.78 is 0. The normalized spacial score (nSPS) is 27.9. The Labute approximate surface area is 135 Å². The van der Waals surface area contributed by atoms with Gasteiger partial charge in [0.1, 0.15) is 5.78 Å². The van der Waals surface area contributed by atoms with Gasteiger partial charge in [0.05, 0.1) is 0 Å². The van der Waals surface area contributed by atoms with Gasteiger partial charge in [0.25, 0.3) is 0 Å². The maximum absolute atomic E-state index is 12.9. The standard InChI is InChI=1S/C21H30O/c1-14(2)19-10-7-15(3)11-20(19)21(22)13-16-8-9-17-5-4-6-18(17)12-16/h8-9,12,14-15,19-20H,4-7,10-11,13H2,1-3H3/t15-,19+,20-/m1/s1. The summed E-state index contributed by atoms with van der Waals surface area (Å²) in [4.78, 5) is 12.9. The van der Waals surface area contributed by atoms with Crippen LogP contribution in [0.2, 0.25) is 0 Å². The second-order valence-electron chi connectivity index (χ2n) is 8.03. The highest BCUT2D eigenvalue weighted by atomic mass is 16.1. The highest BCUT2D eigenvalue weighted by molar-refractivity contribution is 5.83. The van der Waals surface area contributed by atoms with Crippen LogP contribution in [-0.4, -0.2) is 5.78 Å². The Morgan fingerprint density at radius 1 is 1.18 bits per heavy atom. The van der Waals surface area contributed by atoms with Crippen LogP contribution in [-0.2, 0) is 24.1 Å². The first-order valence-electron chi connectivity index (χ1n) is 9.18. The van der Waals surface area contributed by atoms with Gasteiger partial charge in [-0.3, -0.25) is 4.79 Å². The van der Waals surface area contributed by atoms with E-state index < -0.39 is 0 Å². The van der Waals surface area contributed by atoms with Crippen molar-refractivity contribution in [1.82, 2.24) is 0 Å². The van der Waals surface area contributed by atoms with E-state index in [0.717, 1.165) is 6.42 Å². The summed E-state index contributed by atoms with van der Waals surface area (Å²) in [5.74, 6) is 2.71. The monoisotopic (exact) mass is 298 g/mol. The van der Waals surface area contributed by atoms with Crippen molar-refractivity contribution in [2.24, 2.45) is 23.7 Å². The molecule has 1 heteroatoms. The summed E-state index contributed by atoms with van der Waals surface area (Å²) in [6.45, 7) is 6.89. The van der Waals surface area contributed by atoms with Crippen molar-refractivity contribution < 1.29 is 4.79 Å². The third-order valence-electron chi connectivity index (χ3n) is 5.98. The fraction of sp³-hybridized carbons (Fsp3) is 0.667. The molecule has 0 radical (unpaired) electrons. The minimum atomic E-state index is 0.289. The average Bonchev–Trinajstić information content (AvgIpc) is 2.94.